The first kappa shape index (κ1) is 34.7. The lowest BCUT2D eigenvalue weighted by molar-refractivity contribution is -0.141. The van der Waals surface area contributed by atoms with Crippen molar-refractivity contribution in [2.75, 3.05) is 36.3 Å². The molecule has 9 N–H and O–H groups in total. The predicted octanol–water partition coefficient (Wildman–Crippen LogP) is 2.82. The number of amidine groups is 1. The van der Waals surface area contributed by atoms with Crippen molar-refractivity contribution in [3.05, 3.63) is 58.6 Å². The fourth-order valence-corrected chi connectivity index (χ4v) is 5.31. The number of rotatable bonds is 7. The highest BCUT2D eigenvalue weighted by atomic mass is 35.5. The van der Waals surface area contributed by atoms with Crippen LogP contribution in [0.3, 0.4) is 0 Å². The Kier molecular flexibility index (Phi) is 13.5. The first-order valence-electron chi connectivity index (χ1n) is 14.3. The van der Waals surface area contributed by atoms with Gasteiger partial charge in [-0.05, 0) is 54.8 Å². The number of aliphatic imine (C=N–C) groups is 1. The number of anilines is 3. The lowest BCUT2D eigenvalue weighted by atomic mass is 10.0. The van der Waals surface area contributed by atoms with Crippen molar-refractivity contribution in [2.24, 2.45) is 21.8 Å². The van der Waals surface area contributed by atoms with Gasteiger partial charge in [0.25, 0.3) is 6.47 Å². The van der Waals surface area contributed by atoms with Crippen LogP contribution in [0.4, 0.5) is 17.1 Å². The summed E-state index contributed by atoms with van der Waals surface area (Å²) < 4.78 is 5.09. The number of ether oxygens (including phenoxy) is 1. The fourth-order valence-electron chi connectivity index (χ4n) is 5.13. The molecule has 15 heteroatoms. The van der Waals surface area contributed by atoms with E-state index < -0.39 is 6.04 Å². The first-order chi connectivity index (χ1) is 21.7. The van der Waals surface area contributed by atoms with Gasteiger partial charge in [0, 0.05) is 35.1 Å². The largest absolute Gasteiger partial charge is 0.483 e. The summed E-state index contributed by atoms with van der Waals surface area (Å²) in [5.41, 5.74) is 3.92. The second-order valence-electron chi connectivity index (χ2n) is 10.2. The molecular formula is C30H40ClN9O5. The number of hydrogen-bond acceptors (Lipinski definition) is 11. The summed E-state index contributed by atoms with van der Waals surface area (Å²) in [6.45, 7) is 0.245. The molecule has 242 valence electrons. The van der Waals surface area contributed by atoms with Gasteiger partial charge in [-0.1, -0.05) is 36.9 Å². The third-order valence-electron chi connectivity index (χ3n) is 7.30. The molecule has 0 aliphatic carbocycles. The zero-order valence-electron chi connectivity index (χ0n) is 25.2. The van der Waals surface area contributed by atoms with Crippen LogP contribution in [0.1, 0.15) is 49.3 Å². The lowest BCUT2D eigenvalue weighted by Crippen LogP contribution is -2.45. The maximum atomic E-state index is 13.1. The summed E-state index contributed by atoms with van der Waals surface area (Å²) in [6.07, 6.45) is 8.18. The van der Waals surface area contributed by atoms with Crippen LogP contribution in [0.2, 0.25) is 5.02 Å². The van der Waals surface area contributed by atoms with Crippen molar-refractivity contribution in [1.82, 2.24) is 10.6 Å². The quantitative estimate of drug-likeness (QED) is 0.0444. The summed E-state index contributed by atoms with van der Waals surface area (Å²) in [6, 6.07) is 10.2. The standard InChI is InChI=1S/C29H38ClN9O3.CH2O2/c1-33-20-10-11-21-24(15-20)36-23(29(41)42-2)7-5-3-4-6-22(28-34-16-25(21)38-28)37-27(40)13-8-18-14-19(30)9-12-26(18)39(32)17-35-31;2-1-3/h8-15,17,22-23,25,33,36H,3-7,16,31-32H2,1-2H3,(H,34,38)(H,37,40);1H,(H,2,3)/b13-8+,35-17-;/t22-,23-,25?;/m0./s1. The maximum absolute atomic E-state index is 13.1. The van der Waals surface area contributed by atoms with Crippen molar-refractivity contribution < 1.29 is 24.2 Å². The second-order valence-corrected chi connectivity index (χ2v) is 10.6. The molecule has 2 aromatic rings. The molecule has 0 fully saturated rings. The average molecular weight is 642 g/mol. The van der Waals surface area contributed by atoms with Crippen LogP contribution in [-0.2, 0) is 19.1 Å². The van der Waals surface area contributed by atoms with Gasteiger partial charge in [0.2, 0.25) is 5.91 Å². The third kappa shape index (κ3) is 9.84. The Labute approximate surface area is 266 Å². The minimum Gasteiger partial charge on any atom is -0.483 e. The number of nitrogens with two attached hydrogens (primary N) is 2. The predicted molar refractivity (Wildman–Crippen MR) is 177 cm³/mol. The molecular weight excluding hydrogens is 602 g/mol. The number of carbonyl (C=O) groups is 3. The van der Waals surface area contributed by atoms with E-state index in [0.29, 0.717) is 35.7 Å². The SMILES string of the molecule is CNc1ccc2c(c1)N[C@H](C(=O)OC)CCCCC[C@H](NC(=O)/C=C/c1cc(Cl)ccc1N(N)/C=N\N)C1=NCC2N1.O=CO. The molecule has 2 aliphatic rings. The van der Waals surface area contributed by atoms with E-state index in [-0.39, 0.29) is 30.4 Å². The van der Waals surface area contributed by atoms with Crippen LogP contribution in [-0.4, -0.2) is 68.4 Å². The summed E-state index contributed by atoms with van der Waals surface area (Å²) in [4.78, 5) is 38.9. The molecule has 0 saturated carbocycles. The molecule has 1 unspecified atom stereocenters. The normalized spacial score (nSPS) is 19.6. The number of nitrogens with zero attached hydrogens (tertiary/aromatic N) is 3. The molecule has 2 aromatic carbocycles. The zero-order chi connectivity index (χ0) is 32.8. The van der Waals surface area contributed by atoms with Crippen molar-refractivity contribution in [3.63, 3.8) is 0 Å². The molecule has 45 heavy (non-hydrogen) atoms. The van der Waals surface area contributed by atoms with Crippen molar-refractivity contribution >= 4 is 65.3 Å². The molecule has 4 rings (SSSR count). The minimum atomic E-state index is -0.471. The van der Waals surface area contributed by atoms with Crippen LogP contribution in [0.15, 0.2) is 52.6 Å². The van der Waals surface area contributed by atoms with Crippen LogP contribution in [0, 0.1) is 0 Å². The summed E-state index contributed by atoms with van der Waals surface area (Å²) in [5.74, 6) is 11.4. The molecule has 3 atom stereocenters. The van der Waals surface area contributed by atoms with Gasteiger partial charge in [-0.25, -0.2) is 10.6 Å². The van der Waals surface area contributed by atoms with E-state index in [4.69, 9.17) is 42.9 Å². The van der Waals surface area contributed by atoms with E-state index in [1.807, 2.05) is 25.2 Å². The van der Waals surface area contributed by atoms with Gasteiger partial charge in [0.15, 0.2) is 0 Å². The van der Waals surface area contributed by atoms with Gasteiger partial charge < -0.3 is 37.0 Å². The second kappa shape index (κ2) is 17.5. The number of halogens is 1. The summed E-state index contributed by atoms with van der Waals surface area (Å²) in [7, 11) is 3.26. The molecule has 2 aliphatic heterocycles. The van der Waals surface area contributed by atoms with E-state index >= 15 is 0 Å². The number of carbonyl (C=O) groups excluding carboxylic acids is 2. The van der Waals surface area contributed by atoms with Crippen molar-refractivity contribution in [1.29, 1.82) is 0 Å². The number of methoxy groups -OCH3 is 1. The third-order valence-corrected chi connectivity index (χ3v) is 7.54. The van der Waals surface area contributed by atoms with Gasteiger partial charge in [-0.2, -0.15) is 5.10 Å². The average Bonchev–Trinajstić information content (AvgIpc) is 3.52. The molecule has 0 radical (unpaired) electrons. The van der Waals surface area contributed by atoms with Crippen LogP contribution in [0.25, 0.3) is 6.08 Å². The highest BCUT2D eigenvalue weighted by Gasteiger charge is 2.29. The first-order valence-corrected chi connectivity index (χ1v) is 14.7. The summed E-state index contributed by atoms with van der Waals surface area (Å²) in [5, 5.41) is 25.3. The highest BCUT2D eigenvalue weighted by molar-refractivity contribution is 6.30. The Bertz CT molecular complexity index is 1420. The van der Waals surface area contributed by atoms with Crippen LogP contribution in [0.5, 0.6) is 0 Å². The van der Waals surface area contributed by atoms with Gasteiger partial charge in [0.05, 0.1) is 31.4 Å². The number of hydrogen-bond donors (Lipinski definition) is 7. The molecule has 0 spiro atoms. The Morgan fingerprint density at radius 3 is 2.64 bits per heavy atom. The molecule has 0 aromatic heterocycles. The fraction of sp³-hybridized carbons (Fsp3) is 0.367. The molecule has 2 heterocycles. The number of amides is 1. The Balaban J connectivity index is 0.00000177. The van der Waals surface area contributed by atoms with Crippen molar-refractivity contribution in [2.45, 2.75) is 50.2 Å². The molecule has 2 bridgehead atoms. The monoisotopic (exact) mass is 641 g/mol. The number of carboxylic acid groups (broad SMARTS) is 1. The maximum Gasteiger partial charge on any atom is 0.328 e. The zero-order valence-corrected chi connectivity index (χ0v) is 26.0. The molecule has 0 saturated heterocycles. The Morgan fingerprint density at radius 1 is 1.18 bits per heavy atom. The van der Waals surface area contributed by atoms with E-state index in [0.717, 1.165) is 42.0 Å². The van der Waals surface area contributed by atoms with E-state index in [1.165, 1.54) is 24.5 Å². The smallest absolute Gasteiger partial charge is 0.328 e. The van der Waals surface area contributed by atoms with Crippen molar-refractivity contribution in [3.8, 4) is 0 Å². The van der Waals surface area contributed by atoms with Gasteiger partial charge in [0.1, 0.15) is 18.2 Å². The van der Waals surface area contributed by atoms with Gasteiger partial charge >= 0.3 is 5.97 Å². The van der Waals surface area contributed by atoms with E-state index in [1.54, 1.807) is 24.3 Å². The topological polar surface area (TPSA) is 209 Å². The lowest BCUT2D eigenvalue weighted by Gasteiger charge is -2.23. The Hall–Kier alpha value is -4.82. The minimum absolute atomic E-state index is 0.129. The van der Waals surface area contributed by atoms with E-state index in [9.17, 15) is 9.59 Å². The number of benzene rings is 2. The van der Waals surface area contributed by atoms with Crippen LogP contribution < -0.4 is 38.0 Å². The molecule has 14 nitrogen and oxygen atoms in total. The molecule has 1 amide bonds. The highest BCUT2D eigenvalue weighted by Crippen LogP contribution is 2.31. The number of hydrazone groups is 1. The van der Waals surface area contributed by atoms with Crippen LogP contribution >= 0.6 is 11.6 Å². The van der Waals surface area contributed by atoms with Gasteiger partial charge in [-0.15, -0.1) is 0 Å². The number of fused-ring (bicyclic) bond motifs is 4. The Morgan fingerprint density at radius 2 is 1.93 bits per heavy atom. The number of nitrogens with one attached hydrogen (secondary N) is 4. The van der Waals surface area contributed by atoms with E-state index in [2.05, 4.69) is 26.4 Å². The summed E-state index contributed by atoms with van der Waals surface area (Å²) >= 11 is 6.19. The number of hydrazine groups is 1. The number of esters is 1. The van der Waals surface area contributed by atoms with Gasteiger partial charge in [-0.3, -0.25) is 19.6 Å².